The summed E-state index contributed by atoms with van der Waals surface area (Å²) in [6.45, 7) is 4.91. The van der Waals surface area contributed by atoms with E-state index < -0.39 is 0 Å². The second-order valence-electron chi connectivity index (χ2n) is 7.79. The minimum absolute atomic E-state index is 0.163. The predicted molar refractivity (Wildman–Crippen MR) is 98.6 cm³/mol. The molecular weight excluding hydrogens is 310 g/mol. The smallest absolute Gasteiger partial charge is 0.220 e. The SMILES string of the molecule is Cc1nn(C)c(C)c1CCC(=O)NC[C@@H]1C[C@@]12CCc1ccccc12. The van der Waals surface area contributed by atoms with Crippen LogP contribution in [0.4, 0.5) is 0 Å². The maximum Gasteiger partial charge on any atom is 0.220 e. The first kappa shape index (κ1) is 16.4. The Morgan fingerprint density at radius 3 is 2.92 bits per heavy atom. The second kappa shape index (κ2) is 6.01. The number of carbonyl (C=O) groups is 1. The lowest BCUT2D eigenvalue weighted by Crippen LogP contribution is -2.27. The van der Waals surface area contributed by atoms with E-state index in [0.717, 1.165) is 24.4 Å². The molecule has 1 saturated carbocycles. The van der Waals surface area contributed by atoms with Crippen molar-refractivity contribution in [1.82, 2.24) is 15.1 Å². The molecule has 4 rings (SSSR count). The van der Waals surface area contributed by atoms with Gasteiger partial charge in [0, 0.05) is 31.1 Å². The van der Waals surface area contributed by atoms with Crippen molar-refractivity contribution in [3.05, 3.63) is 52.3 Å². The van der Waals surface area contributed by atoms with E-state index >= 15 is 0 Å². The average molecular weight is 337 g/mol. The first-order valence-electron chi connectivity index (χ1n) is 9.35. The van der Waals surface area contributed by atoms with E-state index in [2.05, 4.69) is 41.6 Å². The number of benzene rings is 1. The van der Waals surface area contributed by atoms with Crippen molar-refractivity contribution in [3.63, 3.8) is 0 Å². The van der Waals surface area contributed by atoms with Crippen LogP contribution in [-0.2, 0) is 30.1 Å². The van der Waals surface area contributed by atoms with Crippen LogP contribution in [0.2, 0.25) is 0 Å². The third kappa shape index (κ3) is 2.78. The summed E-state index contributed by atoms with van der Waals surface area (Å²) in [5.74, 6) is 0.776. The van der Waals surface area contributed by atoms with Gasteiger partial charge >= 0.3 is 0 Å². The second-order valence-corrected chi connectivity index (χ2v) is 7.79. The first-order chi connectivity index (χ1) is 12.0. The van der Waals surface area contributed by atoms with Crippen LogP contribution in [0.25, 0.3) is 0 Å². The van der Waals surface area contributed by atoms with Gasteiger partial charge in [-0.15, -0.1) is 0 Å². The van der Waals surface area contributed by atoms with Crippen LogP contribution in [0.1, 0.15) is 47.3 Å². The molecule has 1 aromatic heterocycles. The van der Waals surface area contributed by atoms with Gasteiger partial charge in [0.05, 0.1) is 5.69 Å². The molecular formula is C21H27N3O. The Hall–Kier alpha value is -2.10. The average Bonchev–Trinajstić information content (AvgIpc) is 3.10. The van der Waals surface area contributed by atoms with Crippen molar-refractivity contribution >= 4 is 5.91 Å². The van der Waals surface area contributed by atoms with E-state index in [-0.39, 0.29) is 5.91 Å². The van der Waals surface area contributed by atoms with Crippen LogP contribution in [0.3, 0.4) is 0 Å². The molecule has 2 aliphatic carbocycles. The maximum absolute atomic E-state index is 12.3. The van der Waals surface area contributed by atoms with E-state index in [1.165, 1.54) is 36.0 Å². The van der Waals surface area contributed by atoms with Crippen molar-refractivity contribution in [2.24, 2.45) is 13.0 Å². The molecule has 1 aromatic carbocycles. The minimum atomic E-state index is 0.163. The van der Waals surface area contributed by atoms with Crippen LogP contribution in [0.15, 0.2) is 24.3 Å². The van der Waals surface area contributed by atoms with E-state index in [4.69, 9.17) is 0 Å². The summed E-state index contributed by atoms with van der Waals surface area (Å²) >= 11 is 0. The number of carbonyl (C=O) groups excluding carboxylic acids is 1. The van der Waals surface area contributed by atoms with Crippen molar-refractivity contribution in [2.45, 2.75) is 51.4 Å². The number of aryl methyl sites for hydroxylation is 3. The van der Waals surface area contributed by atoms with Crippen LogP contribution < -0.4 is 5.32 Å². The fourth-order valence-electron chi connectivity index (χ4n) is 4.74. The van der Waals surface area contributed by atoms with Crippen molar-refractivity contribution in [3.8, 4) is 0 Å². The van der Waals surface area contributed by atoms with Crippen LogP contribution in [0.5, 0.6) is 0 Å². The third-order valence-electron chi connectivity index (χ3n) is 6.43. The molecule has 0 bridgehead atoms. The summed E-state index contributed by atoms with van der Waals surface area (Å²) < 4.78 is 1.90. The molecule has 0 unspecified atom stereocenters. The van der Waals surface area contributed by atoms with Gasteiger partial charge < -0.3 is 5.32 Å². The Morgan fingerprint density at radius 1 is 1.36 bits per heavy atom. The van der Waals surface area contributed by atoms with Gasteiger partial charge in [-0.3, -0.25) is 9.48 Å². The minimum Gasteiger partial charge on any atom is -0.356 e. The topological polar surface area (TPSA) is 46.9 Å². The Kier molecular flexibility index (Phi) is 3.94. The van der Waals surface area contributed by atoms with Crippen molar-refractivity contribution in [1.29, 1.82) is 0 Å². The first-order valence-corrected chi connectivity index (χ1v) is 9.35. The normalized spacial score (nSPS) is 23.7. The number of nitrogens with one attached hydrogen (secondary N) is 1. The molecule has 1 amide bonds. The van der Waals surface area contributed by atoms with Gasteiger partial charge in [0.2, 0.25) is 5.91 Å². The third-order valence-corrected chi connectivity index (χ3v) is 6.43. The van der Waals surface area contributed by atoms with Gasteiger partial charge in [0.25, 0.3) is 0 Å². The predicted octanol–water partition coefficient (Wildman–Crippen LogP) is 2.99. The molecule has 2 aliphatic rings. The molecule has 0 radical (unpaired) electrons. The number of rotatable bonds is 5. The fraction of sp³-hybridized carbons (Fsp3) is 0.524. The van der Waals surface area contributed by atoms with Gasteiger partial charge in [-0.2, -0.15) is 5.10 Å². The van der Waals surface area contributed by atoms with Gasteiger partial charge in [-0.1, -0.05) is 24.3 Å². The standard InChI is InChI=1S/C21H27N3O/c1-14-18(15(2)24(3)23-14)8-9-20(25)22-13-17-12-21(17)11-10-16-6-4-5-7-19(16)21/h4-7,17H,8-13H2,1-3H3,(H,22,25)/t17-,21-/m0/s1. The Bertz CT molecular complexity index is 823. The van der Waals surface area contributed by atoms with Crippen LogP contribution in [0, 0.1) is 19.8 Å². The lowest BCUT2D eigenvalue weighted by Gasteiger charge is -2.12. The number of hydrogen-bond donors (Lipinski definition) is 1. The molecule has 2 atom stereocenters. The Labute approximate surface area is 149 Å². The van der Waals surface area contributed by atoms with E-state index in [9.17, 15) is 4.79 Å². The van der Waals surface area contributed by atoms with Gasteiger partial charge in [0.1, 0.15) is 0 Å². The Morgan fingerprint density at radius 2 is 2.16 bits per heavy atom. The summed E-state index contributed by atoms with van der Waals surface area (Å²) in [6, 6.07) is 8.84. The van der Waals surface area contributed by atoms with E-state index in [1.54, 1.807) is 0 Å². The maximum atomic E-state index is 12.3. The van der Waals surface area contributed by atoms with Gasteiger partial charge in [0.15, 0.2) is 0 Å². The van der Waals surface area contributed by atoms with Crippen molar-refractivity contribution < 1.29 is 4.79 Å². The largest absolute Gasteiger partial charge is 0.356 e. The highest BCUT2D eigenvalue weighted by molar-refractivity contribution is 5.76. The summed E-state index contributed by atoms with van der Waals surface area (Å²) in [4.78, 5) is 12.3. The Balaban J connectivity index is 1.29. The highest BCUT2D eigenvalue weighted by Gasteiger charge is 2.57. The van der Waals surface area contributed by atoms with Crippen LogP contribution in [-0.4, -0.2) is 22.2 Å². The number of amides is 1. The lowest BCUT2D eigenvalue weighted by atomic mass is 9.95. The molecule has 132 valence electrons. The number of fused-ring (bicyclic) bond motifs is 2. The molecule has 25 heavy (non-hydrogen) atoms. The van der Waals surface area contributed by atoms with Crippen LogP contribution >= 0.6 is 0 Å². The molecule has 4 heteroatoms. The molecule has 4 nitrogen and oxygen atoms in total. The quantitative estimate of drug-likeness (QED) is 0.912. The van der Waals surface area contributed by atoms with E-state index in [1.807, 2.05) is 18.7 Å². The summed E-state index contributed by atoms with van der Waals surface area (Å²) in [5, 5.41) is 7.60. The molecule has 1 fully saturated rings. The molecule has 1 N–H and O–H groups in total. The van der Waals surface area contributed by atoms with Gasteiger partial charge in [-0.05, 0) is 62.1 Å². The number of aromatic nitrogens is 2. The molecule has 0 saturated heterocycles. The van der Waals surface area contributed by atoms with E-state index in [0.29, 0.717) is 17.8 Å². The zero-order chi connectivity index (χ0) is 17.6. The number of hydrogen-bond acceptors (Lipinski definition) is 2. The highest BCUT2D eigenvalue weighted by Crippen LogP contribution is 2.61. The monoisotopic (exact) mass is 337 g/mol. The fourth-order valence-corrected chi connectivity index (χ4v) is 4.74. The van der Waals surface area contributed by atoms with Crippen molar-refractivity contribution in [2.75, 3.05) is 6.54 Å². The number of nitrogens with zero attached hydrogens (tertiary/aromatic N) is 2. The lowest BCUT2D eigenvalue weighted by molar-refractivity contribution is -0.121. The molecule has 2 aromatic rings. The summed E-state index contributed by atoms with van der Waals surface area (Å²) in [6.07, 6.45) is 4.99. The molecule has 1 spiro atoms. The van der Waals surface area contributed by atoms with Gasteiger partial charge in [-0.25, -0.2) is 0 Å². The summed E-state index contributed by atoms with van der Waals surface area (Å²) in [7, 11) is 1.96. The molecule has 0 aliphatic heterocycles. The summed E-state index contributed by atoms with van der Waals surface area (Å²) in [5.41, 5.74) is 6.82. The highest BCUT2D eigenvalue weighted by atomic mass is 16.1. The zero-order valence-corrected chi connectivity index (χ0v) is 15.4. The zero-order valence-electron chi connectivity index (χ0n) is 15.4. The molecule has 1 heterocycles.